The number of H-pyrrole nitrogens is 1. The number of ether oxygens (including phenoxy) is 2. The second-order valence-electron chi connectivity index (χ2n) is 5.89. The Bertz CT molecular complexity index is 777. The van der Waals surface area contributed by atoms with Crippen LogP contribution in [-0.4, -0.2) is 43.6 Å². The van der Waals surface area contributed by atoms with E-state index in [0.29, 0.717) is 35.7 Å². The zero-order valence-electron chi connectivity index (χ0n) is 14.5. The summed E-state index contributed by atoms with van der Waals surface area (Å²) in [7, 11) is 3.12. The Morgan fingerprint density at radius 1 is 1.24 bits per heavy atom. The predicted octanol–water partition coefficient (Wildman–Crippen LogP) is 1.88. The molecule has 0 unspecified atom stereocenters. The minimum Gasteiger partial charge on any atom is -0.497 e. The number of aromatic amines is 1. The molecule has 2 heterocycles. The van der Waals surface area contributed by atoms with Crippen molar-refractivity contribution in [3.05, 3.63) is 41.7 Å². The number of hydrogen-bond acceptors (Lipinski definition) is 4. The topological polar surface area (TPSA) is 83.7 Å². The second kappa shape index (κ2) is 6.88. The minimum absolute atomic E-state index is 0.142. The summed E-state index contributed by atoms with van der Waals surface area (Å²) >= 11 is 0. The van der Waals surface area contributed by atoms with Crippen molar-refractivity contribution in [2.45, 2.75) is 19.4 Å². The van der Waals surface area contributed by atoms with E-state index in [0.717, 1.165) is 5.69 Å². The summed E-state index contributed by atoms with van der Waals surface area (Å²) < 4.78 is 10.5. The van der Waals surface area contributed by atoms with Gasteiger partial charge in [0.25, 0.3) is 5.91 Å². The minimum atomic E-state index is -0.543. The lowest BCUT2D eigenvalue weighted by Gasteiger charge is -2.19. The molecule has 2 N–H and O–H groups in total. The maximum absolute atomic E-state index is 12.7. The molecule has 1 aliphatic heterocycles. The van der Waals surface area contributed by atoms with Crippen LogP contribution in [0.2, 0.25) is 0 Å². The Morgan fingerprint density at radius 3 is 2.48 bits per heavy atom. The second-order valence-corrected chi connectivity index (χ2v) is 5.89. The van der Waals surface area contributed by atoms with Gasteiger partial charge in [-0.1, -0.05) is 0 Å². The molecule has 1 fully saturated rings. The van der Waals surface area contributed by atoms with Crippen LogP contribution in [0.5, 0.6) is 11.5 Å². The highest BCUT2D eigenvalue weighted by atomic mass is 16.5. The maximum atomic E-state index is 12.7. The highest BCUT2D eigenvalue weighted by Gasteiger charge is 2.34. The molecule has 0 spiro atoms. The number of methoxy groups -OCH3 is 2. The van der Waals surface area contributed by atoms with Crippen LogP contribution in [0.15, 0.2) is 30.5 Å². The quantitative estimate of drug-likeness (QED) is 0.868. The van der Waals surface area contributed by atoms with E-state index in [1.165, 1.54) is 0 Å². The molecule has 7 heteroatoms. The molecule has 3 rings (SSSR count). The van der Waals surface area contributed by atoms with E-state index >= 15 is 0 Å². The molecular weight excluding hydrogens is 322 g/mol. The molecule has 132 valence electrons. The number of benzene rings is 1. The Balaban J connectivity index is 1.76. The third-order valence-electron chi connectivity index (χ3n) is 4.36. The van der Waals surface area contributed by atoms with Crippen LogP contribution in [0.3, 0.4) is 0 Å². The molecule has 2 amide bonds. The molecule has 1 saturated heterocycles. The van der Waals surface area contributed by atoms with Crippen LogP contribution in [0.1, 0.15) is 22.5 Å². The summed E-state index contributed by atoms with van der Waals surface area (Å²) in [5, 5.41) is 2.82. The number of rotatable bonds is 5. The van der Waals surface area contributed by atoms with Crippen molar-refractivity contribution in [3.63, 3.8) is 0 Å². The van der Waals surface area contributed by atoms with Crippen LogP contribution < -0.4 is 19.7 Å². The van der Waals surface area contributed by atoms with Gasteiger partial charge in [0.1, 0.15) is 17.5 Å². The van der Waals surface area contributed by atoms with E-state index < -0.39 is 6.04 Å². The van der Waals surface area contributed by atoms with E-state index in [4.69, 9.17) is 9.47 Å². The number of nitrogens with one attached hydrogen (secondary N) is 2. The first-order valence-electron chi connectivity index (χ1n) is 8.02. The van der Waals surface area contributed by atoms with Crippen LogP contribution in [0.25, 0.3) is 0 Å². The summed E-state index contributed by atoms with van der Waals surface area (Å²) in [6.45, 7) is 2.34. The van der Waals surface area contributed by atoms with Crippen molar-refractivity contribution in [3.8, 4) is 11.5 Å². The van der Waals surface area contributed by atoms with Gasteiger partial charge in [-0.2, -0.15) is 0 Å². The molecule has 2 aromatic rings. The Kier molecular flexibility index (Phi) is 4.65. The molecule has 1 aromatic heterocycles. The third-order valence-corrected chi connectivity index (χ3v) is 4.36. The molecule has 0 saturated carbocycles. The van der Waals surface area contributed by atoms with Crippen molar-refractivity contribution >= 4 is 17.5 Å². The number of aryl methyl sites for hydroxylation is 1. The number of anilines is 1. The van der Waals surface area contributed by atoms with Gasteiger partial charge in [-0.25, -0.2) is 0 Å². The standard InChI is InChI=1S/C18H21N3O4/c1-11-15(4-6-19-11)17(22)20-16-5-7-21(18(16)23)12-8-13(24-2)10-14(9-12)25-3/h4,6,8-10,16,19H,5,7H2,1-3H3,(H,20,22)/t16-/m1/s1. The fourth-order valence-electron chi connectivity index (χ4n) is 2.95. The van der Waals surface area contributed by atoms with Gasteiger partial charge in [-0.15, -0.1) is 0 Å². The SMILES string of the molecule is COc1cc(OC)cc(N2CC[C@@H](NC(=O)c3cc[nH]c3C)C2=O)c1. The van der Waals surface area contributed by atoms with E-state index in [2.05, 4.69) is 10.3 Å². The number of aromatic nitrogens is 1. The van der Waals surface area contributed by atoms with Gasteiger partial charge in [0.2, 0.25) is 5.91 Å². The summed E-state index contributed by atoms with van der Waals surface area (Å²) in [6.07, 6.45) is 2.25. The maximum Gasteiger partial charge on any atom is 0.253 e. The lowest BCUT2D eigenvalue weighted by atomic mass is 10.2. The molecule has 1 aromatic carbocycles. The third kappa shape index (κ3) is 3.31. The fraction of sp³-hybridized carbons (Fsp3) is 0.333. The number of carbonyl (C=O) groups is 2. The predicted molar refractivity (Wildman–Crippen MR) is 93.3 cm³/mol. The smallest absolute Gasteiger partial charge is 0.253 e. The summed E-state index contributed by atoms with van der Waals surface area (Å²) in [6, 6.07) is 6.47. The first kappa shape index (κ1) is 16.9. The van der Waals surface area contributed by atoms with Crippen LogP contribution >= 0.6 is 0 Å². The number of hydrogen-bond donors (Lipinski definition) is 2. The largest absolute Gasteiger partial charge is 0.497 e. The molecule has 1 atom stereocenters. The number of amides is 2. The van der Waals surface area contributed by atoms with Crippen LogP contribution in [0.4, 0.5) is 5.69 Å². The van der Waals surface area contributed by atoms with Crippen molar-refractivity contribution in [1.82, 2.24) is 10.3 Å². The highest BCUT2D eigenvalue weighted by molar-refractivity contribution is 6.04. The van der Waals surface area contributed by atoms with Crippen molar-refractivity contribution in [1.29, 1.82) is 0 Å². The molecule has 7 nitrogen and oxygen atoms in total. The fourth-order valence-corrected chi connectivity index (χ4v) is 2.95. The lowest BCUT2D eigenvalue weighted by molar-refractivity contribution is -0.118. The molecule has 0 radical (unpaired) electrons. The summed E-state index contributed by atoms with van der Waals surface area (Å²) in [4.78, 5) is 29.6. The van der Waals surface area contributed by atoms with Crippen LogP contribution in [0, 0.1) is 6.92 Å². The molecule has 0 aliphatic carbocycles. The van der Waals surface area contributed by atoms with Gasteiger partial charge in [-0.05, 0) is 19.4 Å². The van der Waals surface area contributed by atoms with E-state index in [1.54, 1.807) is 49.6 Å². The first-order chi connectivity index (χ1) is 12.0. The average Bonchev–Trinajstić information content (AvgIpc) is 3.20. The summed E-state index contributed by atoms with van der Waals surface area (Å²) in [5.41, 5.74) is 2.02. The van der Waals surface area contributed by atoms with Gasteiger partial charge in [0.15, 0.2) is 0 Å². The molecular formula is C18H21N3O4. The van der Waals surface area contributed by atoms with Gasteiger partial charge in [-0.3, -0.25) is 9.59 Å². The normalized spacial score (nSPS) is 16.8. The highest BCUT2D eigenvalue weighted by Crippen LogP contribution is 2.31. The zero-order chi connectivity index (χ0) is 18.0. The Hall–Kier alpha value is -2.96. The average molecular weight is 343 g/mol. The zero-order valence-corrected chi connectivity index (χ0v) is 14.5. The molecule has 25 heavy (non-hydrogen) atoms. The summed E-state index contributed by atoms with van der Waals surface area (Å²) in [5.74, 6) is 0.828. The van der Waals surface area contributed by atoms with Crippen molar-refractivity contribution < 1.29 is 19.1 Å². The van der Waals surface area contributed by atoms with Crippen molar-refractivity contribution in [2.24, 2.45) is 0 Å². The van der Waals surface area contributed by atoms with Crippen LogP contribution in [-0.2, 0) is 4.79 Å². The lowest BCUT2D eigenvalue weighted by Crippen LogP contribution is -2.41. The monoisotopic (exact) mass is 343 g/mol. The van der Waals surface area contributed by atoms with E-state index in [9.17, 15) is 9.59 Å². The molecule has 0 bridgehead atoms. The Labute approximate surface area is 145 Å². The van der Waals surface area contributed by atoms with Gasteiger partial charge in [0, 0.05) is 36.6 Å². The van der Waals surface area contributed by atoms with E-state index in [-0.39, 0.29) is 11.8 Å². The number of carbonyl (C=O) groups excluding carboxylic acids is 2. The number of nitrogens with zero attached hydrogens (tertiary/aromatic N) is 1. The Morgan fingerprint density at radius 2 is 1.92 bits per heavy atom. The van der Waals surface area contributed by atoms with Crippen molar-refractivity contribution in [2.75, 3.05) is 25.7 Å². The molecule has 1 aliphatic rings. The van der Waals surface area contributed by atoms with Gasteiger partial charge >= 0.3 is 0 Å². The first-order valence-corrected chi connectivity index (χ1v) is 8.02. The van der Waals surface area contributed by atoms with Gasteiger partial charge in [0.05, 0.1) is 25.5 Å². The van der Waals surface area contributed by atoms with E-state index in [1.807, 2.05) is 6.92 Å². The van der Waals surface area contributed by atoms with Gasteiger partial charge < -0.3 is 24.7 Å².